The lowest BCUT2D eigenvalue weighted by molar-refractivity contribution is 0.220. The molecule has 0 bridgehead atoms. The van der Waals surface area contributed by atoms with E-state index in [0.29, 0.717) is 47.2 Å². The number of carbonyl (C=O) groups is 1. The van der Waals surface area contributed by atoms with Crippen LogP contribution in [0.2, 0.25) is 0 Å². The van der Waals surface area contributed by atoms with Crippen LogP contribution in [0, 0.1) is 6.92 Å². The molecule has 2 heterocycles. The number of amides is 2. The number of aromatic amines is 1. The van der Waals surface area contributed by atoms with Gasteiger partial charge in [0.25, 0.3) is 5.56 Å². The fourth-order valence-electron chi connectivity index (χ4n) is 4.25. The summed E-state index contributed by atoms with van der Waals surface area (Å²) in [6.45, 7) is 9.92. The van der Waals surface area contributed by atoms with Crippen LogP contribution in [0.25, 0.3) is 16.9 Å². The zero-order valence-electron chi connectivity index (χ0n) is 22.5. The summed E-state index contributed by atoms with van der Waals surface area (Å²) in [7, 11) is 5.79. The third-order valence-corrected chi connectivity index (χ3v) is 6.28. The van der Waals surface area contributed by atoms with E-state index in [1.165, 1.54) is 0 Å². The SMILES string of the molecule is CCOc1ccc(NC(=O)N(C)CCCN(C)C)cc1-c1nn2c(C(CC)CC)nc(C)c2c(=O)[nH]1. The molecule has 0 aliphatic heterocycles. The summed E-state index contributed by atoms with van der Waals surface area (Å²) >= 11 is 0. The lowest BCUT2D eigenvalue weighted by Gasteiger charge is -2.20. The summed E-state index contributed by atoms with van der Waals surface area (Å²) in [5.41, 5.74) is 2.01. The Kier molecular flexibility index (Phi) is 9.08. The molecule has 0 unspecified atom stereocenters. The van der Waals surface area contributed by atoms with Crippen molar-refractivity contribution in [3.8, 4) is 17.1 Å². The van der Waals surface area contributed by atoms with Crippen LogP contribution in [0.5, 0.6) is 5.75 Å². The second-order valence-corrected chi connectivity index (χ2v) is 9.28. The molecule has 36 heavy (non-hydrogen) atoms. The van der Waals surface area contributed by atoms with Crippen LogP contribution in [0.15, 0.2) is 23.0 Å². The number of imidazole rings is 1. The molecule has 0 spiro atoms. The van der Waals surface area contributed by atoms with E-state index >= 15 is 0 Å². The normalized spacial score (nSPS) is 11.5. The van der Waals surface area contributed by atoms with E-state index in [2.05, 4.69) is 34.0 Å². The lowest BCUT2D eigenvalue weighted by atomic mass is 10.0. The Hall–Kier alpha value is -3.40. The van der Waals surface area contributed by atoms with Gasteiger partial charge < -0.3 is 24.8 Å². The molecule has 0 saturated heterocycles. The maximum atomic E-state index is 13.1. The minimum Gasteiger partial charge on any atom is -0.493 e. The number of nitrogens with one attached hydrogen (secondary N) is 2. The van der Waals surface area contributed by atoms with E-state index in [4.69, 9.17) is 9.84 Å². The van der Waals surface area contributed by atoms with E-state index in [0.717, 1.165) is 31.6 Å². The van der Waals surface area contributed by atoms with Crippen LogP contribution < -0.4 is 15.6 Å². The fraction of sp³-hybridized carbons (Fsp3) is 0.538. The molecule has 0 radical (unpaired) electrons. The first kappa shape index (κ1) is 27.2. The van der Waals surface area contributed by atoms with Gasteiger partial charge in [-0.1, -0.05) is 13.8 Å². The molecule has 3 rings (SSSR count). The first-order valence-corrected chi connectivity index (χ1v) is 12.6. The Labute approximate surface area is 212 Å². The van der Waals surface area contributed by atoms with Gasteiger partial charge in [-0.05, 0) is 71.9 Å². The van der Waals surface area contributed by atoms with Crippen molar-refractivity contribution in [2.75, 3.05) is 46.2 Å². The maximum absolute atomic E-state index is 13.1. The van der Waals surface area contributed by atoms with Crippen LogP contribution in [-0.2, 0) is 0 Å². The number of fused-ring (bicyclic) bond motifs is 1. The number of hydrogen-bond acceptors (Lipinski definition) is 6. The number of rotatable bonds is 11. The number of nitrogens with zero attached hydrogens (tertiary/aromatic N) is 5. The molecule has 3 aromatic rings. The molecule has 0 fully saturated rings. The van der Waals surface area contributed by atoms with Crippen molar-refractivity contribution in [3.63, 3.8) is 0 Å². The number of hydrogen-bond donors (Lipinski definition) is 2. The van der Waals surface area contributed by atoms with Crippen LogP contribution in [0.1, 0.15) is 57.5 Å². The van der Waals surface area contributed by atoms with Gasteiger partial charge in [-0.25, -0.2) is 14.3 Å². The Morgan fingerprint density at radius 2 is 1.89 bits per heavy atom. The van der Waals surface area contributed by atoms with Crippen molar-refractivity contribution >= 4 is 17.2 Å². The van der Waals surface area contributed by atoms with Gasteiger partial charge in [0, 0.05) is 25.2 Å². The number of benzene rings is 1. The van der Waals surface area contributed by atoms with Gasteiger partial charge in [-0.15, -0.1) is 5.10 Å². The number of aromatic nitrogens is 4. The van der Waals surface area contributed by atoms with Crippen LogP contribution in [-0.4, -0.2) is 76.3 Å². The van der Waals surface area contributed by atoms with E-state index in [9.17, 15) is 9.59 Å². The van der Waals surface area contributed by atoms with Crippen molar-refractivity contribution in [2.45, 2.75) is 52.9 Å². The smallest absolute Gasteiger partial charge is 0.321 e. The standard InChI is InChI=1S/C26H39N7O3/c1-8-18(9-2)24-27-17(4)22-25(34)29-23(30-33(22)24)20-16-19(12-13-21(20)36-10-3)28-26(35)32(7)15-11-14-31(5)6/h12-13,16,18H,8-11,14-15H2,1-7H3,(H,28,35)(H,29,30,34). The zero-order valence-corrected chi connectivity index (χ0v) is 22.5. The Morgan fingerprint density at radius 1 is 1.17 bits per heavy atom. The third-order valence-electron chi connectivity index (χ3n) is 6.28. The minimum absolute atomic E-state index is 0.188. The number of carbonyl (C=O) groups excluding carboxylic acids is 1. The predicted molar refractivity (Wildman–Crippen MR) is 143 cm³/mol. The van der Waals surface area contributed by atoms with Gasteiger partial charge in [0.1, 0.15) is 11.6 Å². The first-order chi connectivity index (χ1) is 17.2. The molecule has 2 N–H and O–H groups in total. The first-order valence-electron chi connectivity index (χ1n) is 12.6. The third kappa shape index (κ3) is 6.04. The average molecular weight is 498 g/mol. The zero-order chi connectivity index (χ0) is 26.4. The summed E-state index contributed by atoms with van der Waals surface area (Å²) in [6, 6.07) is 5.14. The number of H-pyrrole nitrogens is 1. The minimum atomic E-state index is -0.264. The van der Waals surface area contributed by atoms with Crippen molar-refractivity contribution < 1.29 is 9.53 Å². The Bertz CT molecular complexity index is 1240. The largest absolute Gasteiger partial charge is 0.493 e. The quantitative estimate of drug-likeness (QED) is 0.413. The van der Waals surface area contributed by atoms with Gasteiger partial charge >= 0.3 is 6.03 Å². The molecule has 196 valence electrons. The van der Waals surface area contributed by atoms with Crippen molar-refractivity contribution in [1.29, 1.82) is 0 Å². The van der Waals surface area contributed by atoms with Gasteiger partial charge in [-0.2, -0.15) is 0 Å². The van der Waals surface area contributed by atoms with Crippen LogP contribution in [0.4, 0.5) is 10.5 Å². The van der Waals surface area contributed by atoms with Gasteiger partial charge in [0.05, 0.1) is 17.9 Å². The topological polar surface area (TPSA) is 108 Å². The summed E-state index contributed by atoms with van der Waals surface area (Å²) in [5, 5.41) is 7.73. The van der Waals surface area contributed by atoms with E-state index in [-0.39, 0.29) is 17.5 Å². The van der Waals surface area contributed by atoms with Crippen LogP contribution in [0.3, 0.4) is 0 Å². The molecule has 10 nitrogen and oxygen atoms in total. The predicted octanol–water partition coefficient (Wildman–Crippen LogP) is 4.11. The molecule has 0 aliphatic rings. The molecular weight excluding hydrogens is 458 g/mol. The number of urea groups is 1. The molecule has 1 aromatic carbocycles. The molecule has 0 aliphatic carbocycles. The Morgan fingerprint density at radius 3 is 2.53 bits per heavy atom. The molecule has 0 saturated carbocycles. The van der Waals surface area contributed by atoms with Crippen LogP contribution >= 0.6 is 0 Å². The summed E-state index contributed by atoms with van der Waals surface area (Å²) in [4.78, 5) is 37.2. The summed E-state index contributed by atoms with van der Waals surface area (Å²) < 4.78 is 7.50. The molecular formula is C26H39N7O3. The van der Waals surface area contributed by atoms with Gasteiger partial charge in [-0.3, -0.25) is 4.79 Å². The molecule has 10 heteroatoms. The van der Waals surface area contributed by atoms with E-state index in [1.807, 2.05) is 27.9 Å². The van der Waals surface area contributed by atoms with E-state index in [1.54, 1.807) is 34.7 Å². The van der Waals surface area contributed by atoms with Crippen molar-refractivity contribution in [3.05, 3.63) is 40.1 Å². The highest BCUT2D eigenvalue weighted by molar-refractivity contribution is 5.90. The lowest BCUT2D eigenvalue weighted by Crippen LogP contribution is -2.33. The summed E-state index contributed by atoms with van der Waals surface area (Å²) in [5.74, 6) is 1.89. The van der Waals surface area contributed by atoms with Gasteiger partial charge in [0.2, 0.25) is 0 Å². The van der Waals surface area contributed by atoms with Gasteiger partial charge in [0.15, 0.2) is 11.3 Å². The highest BCUT2D eigenvalue weighted by atomic mass is 16.5. The van der Waals surface area contributed by atoms with Crippen molar-refractivity contribution in [2.24, 2.45) is 0 Å². The highest BCUT2D eigenvalue weighted by Gasteiger charge is 2.21. The molecule has 2 aromatic heterocycles. The molecule has 2 amide bonds. The fourth-order valence-corrected chi connectivity index (χ4v) is 4.25. The maximum Gasteiger partial charge on any atom is 0.321 e. The highest BCUT2D eigenvalue weighted by Crippen LogP contribution is 2.31. The monoisotopic (exact) mass is 497 g/mol. The average Bonchev–Trinajstić information content (AvgIpc) is 3.17. The van der Waals surface area contributed by atoms with Crippen molar-refractivity contribution in [1.82, 2.24) is 29.4 Å². The second kappa shape index (κ2) is 12.0. The number of aryl methyl sites for hydroxylation is 1. The number of anilines is 1. The summed E-state index contributed by atoms with van der Waals surface area (Å²) in [6.07, 6.45) is 2.67. The van der Waals surface area contributed by atoms with E-state index < -0.39 is 0 Å². The Balaban J connectivity index is 2.00. The number of ether oxygens (including phenoxy) is 1. The molecule has 0 atom stereocenters. The second-order valence-electron chi connectivity index (χ2n) is 9.28.